The van der Waals surface area contributed by atoms with Gasteiger partial charge in [-0.25, -0.2) is 8.42 Å². The molecule has 2 amide bonds. The molecule has 3 rings (SSSR count). The molecule has 0 bridgehead atoms. The highest BCUT2D eigenvalue weighted by atomic mass is 35.5. The Morgan fingerprint density at radius 1 is 0.872 bits per heavy atom. The Balaban J connectivity index is 1.99. The zero-order valence-electron chi connectivity index (χ0n) is 22.2. The van der Waals surface area contributed by atoms with Gasteiger partial charge < -0.3 is 10.2 Å². The Kier molecular flexibility index (Phi) is 10.8. The van der Waals surface area contributed by atoms with Crippen LogP contribution in [-0.4, -0.2) is 50.8 Å². The molecular weight excluding hydrogens is 557 g/mol. The van der Waals surface area contributed by atoms with Crippen molar-refractivity contribution in [3.05, 3.63) is 94.5 Å². The number of amides is 2. The number of rotatable bonds is 12. The van der Waals surface area contributed by atoms with E-state index < -0.39 is 28.5 Å². The van der Waals surface area contributed by atoms with Gasteiger partial charge in [0.1, 0.15) is 12.6 Å². The molecule has 0 radical (unpaired) electrons. The van der Waals surface area contributed by atoms with Crippen LogP contribution in [0.4, 0.5) is 5.69 Å². The second kappa shape index (κ2) is 13.8. The monoisotopic (exact) mass is 589 g/mol. The molecule has 39 heavy (non-hydrogen) atoms. The third-order valence-electron chi connectivity index (χ3n) is 6.15. The first-order chi connectivity index (χ1) is 18.5. The number of halogens is 2. The summed E-state index contributed by atoms with van der Waals surface area (Å²) in [5.41, 5.74) is 1.05. The highest BCUT2D eigenvalue weighted by Gasteiger charge is 2.33. The molecule has 1 atom stereocenters. The lowest BCUT2D eigenvalue weighted by atomic mass is 10.1. The van der Waals surface area contributed by atoms with Crippen LogP contribution in [0.5, 0.6) is 0 Å². The summed E-state index contributed by atoms with van der Waals surface area (Å²) >= 11 is 12.7. The molecule has 3 aromatic rings. The van der Waals surface area contributed by atoms with Gasteiger partial charge in [-0.1, -0.05) is 91.6 Å². The van der Waals surface area contributed by atoms with E-state index >= 15 is 0 Å². The molecule has 0 heterocycles. The Hall–Kier alpha value is -3.07. The summed E-state index contributed by atoms with van der Waals surface area (Å²) in [6.45, 7) is 5.68. The summed E-state index contributed by atoms with van der Waals surface area (Å²) in [5.74, 6) is -0.636. The number of hydrogen-bond donors (Lipinski definition) is 1. The lowest BCUT2D eigenvalue weighted by molar-refractivity contribution is -0.138. The van der Waals surface area contributed by atoms with E-state index in [-0.39, 0.29) is 39.0 Å². The summed E-state index contributed by atoms with van der Waals surface area (Å²) in [7, 11) is -4.21. The van der Waals surface area contributed by atoms with Crippen LogP contribution in [-0.2, 0) is 26.0 Å². The lowest BCUT2D eigenvalue weighted by Crippen LogP contribution is -2.52. The highest BCUT2D eigenvalue weighted by Crippen LogP contribution is 2.35. The van der Waals surface area contributed by atoms with Gasteiger partial charge in [0.2, 0.25) is 11.8 Å². The predicted molar refractivity (Wildman–Crippen MR) is 157 cm³/mol. The number of hydrogen-bond acceptors (Lipinski definition) is 4. The Morgan fingerprint density at radius 2 is 1.49 bits per heavy atom. The molecular formula is C29H33Cl2N3O4S. The molecule has 7 nitrogen and oxygen atoms in total. The summed E-state index contributed by atoms with van der Waals surface area (Å²) < 4.78 is 28.5. The first-order valence-electron chi connectivity index (χ1n) is 12.6. The average molecular weight is 591 g/mol. The van der Waals surface area contributed by atoms with Crippen LogP contribution >= 0.6 is 23.2 Å². The molecule has 0 saturated carbocycles. The molecule has 0 aliphatic rings. The van der Waals surface area contributed by atoms with Crippen molar-refractivity contribution in [2.75, 3.05) is 23.9 Å². The van der Waals surface area contributed by atoms with Crippen LogP contribution < -0.4 is 9.62 Å². The molecule has 0 aromatic heterocycles. The van der Waals surface area contributed by atoms with Crippen molar-refractivity contribution in [2.24, 2.45) is 5.92 Å². The van der Waals surface area contributed by atoms with E-state index in [9.17, 15) is 18.0 Å². The van der Waals surface area contributed by atoms with Gasteiger partial charge >= 0.3 is 0 Å². The van der Waals surface area contributed by atoms with Gasteiger partial charge in [0.05, 0.1) is 20.6 Å². The summed E-state index contributed by atoms with van der Waals surface area (Å²) in [4.78, 5) is 28.3. The Labute approximate surface area is 240 Å². The first-order valence-corrected chi connectivity index (χ1v) is 14.8. The second-order valence-corrected chi connectivity index (χ2v) is 12.2. The normalized spacial score (nSPS) is 12.2. The number of carbonyl (C=O) groups excluding carboxylic acids is 2. The standard InChI is InChI=1S/C29H33Cl2N3O4S/c1-21(2)19-32-29(36)22(3)33(18-17-23-11-6-4-7-12-23)27(35)20-34(26-16-10-15-25(30)28(26)31)39(37,38)24-13-8-5-9-14-24/h4-16,21-22H,17-20H2,1-3H3,(H,32,36)/t22-/m1/s1. The van der Waals surface area contributed by atoms with Gasteiger partial charge in [0.25, 0.3) is 10.0 Å². The van der Waals surface area contributed by atoms with Gasteiger partial charge in [-0.05, 0) is 49.1 Å². The topological polar surface area (TPSA) is 86.8 Å². The van der Waals surface area contributed by atoms with E-state index in [2.05, 4.69) is 5.32 Å². The molecule has 0 fully saturated rings. The predicted octanol–water partition coefficient (Wildman–Crippen LogP) is 5.42. The van der Waals surface area contributed by atoms with Crippen molar-refractivity contribution >= 4 is 50.7 Å². The first kappa shape index (κ1) is 30.5. The molecule has 0 saturated heterocycles. The third kappa shape index (κ3) is 7.97. The van der Waals surface area contributed by atoms with Gasteiger partial charge in [0.15, 0.2) is 0 Å². The summed E-state index contributed by atoms with van der Waals surface area (Å²) in [6, 6.07) is 21.1. The van der Waals surface area contributed by atoms with Crippen molar-refractivity contribution < 1.29 is 18.0 Å². The fourth-order valence-corrected chi connectivity index (χ4v) is 5.84. The van der Waals surface area contributed by atoms with Crippen LogP contribution in [0.15, 0.2) is 83.8 Å². The van der Waals surface area contributed by atoms with Gasteiger partial charge in [-0.2, -0.15) is 0 Å². The minimum Gasteiger partial charge on any atom is -0.354 e. The van der Waals surface area contributed by atoms with Crippen LogP contribution in [0.1, 0.15) is 26.3 Å². The maximum absolute atomic E-state index is 13.9. The van der Waals surface area contributed by atoms with Gasteiger partial charge in [0, 0.05) is 13.1 Å². The van der Waals surface area contributed by atoms with Crippen molar-refractivity contribution in [3.8, 4) is 0 Å². The molecule has 3 aromatic carbocycles. The van der Waals surface area contributed by atoms with E-state index in [0.29, 0.717) is 13.0 Å². The third-order valence-corrected chi connectivity index (χ3v) is 8.73. The van der Waals surface area contributed by atoms with E-state index in [1.54, 1.807) is 31.2 Å². The average Bonchev–Trinajstić information content (AvgIpc) is 2.93. The SMILES string of the molecule is CC(C)CNC(=O)[C@@H](C)N(CCc1ccccc1)C(=O)CN(c1cccc(Cl)c1Cl)S(=O)(=O)c1ccccc1. The van der Waals surface area contributed by atoms with Crippen molar-refractivity contribution in [2.45, 2.75) is 38.1 Å². The van der Waals surface area contributed by atoms with Crippen molar-refractivity contribution in [1.29, 1.82) is 0 Å². The molecule has 0 aliphatic heterocycles. The lowest BCUT2D eigenvalue weighted by Gasteiger charge is -2.32. The van der Waals surface area contributed by atoms with Crippen LogP contribution in [0, 0.1) is 5.92 Å². The van der Waals surface area contributed by atoms with Crippen LogP contribution in [0.2, 0.25) is 10.0 Å². The largest absolute Gasteiger partial charge is 0.354 e. The second-order valence-electron chi connectivity index (χ2n) is 9.54. The summed E-state index contributed by atoms with van der Waals surface area (Å²) in [5, 5.41) is 3.02. The van der Waals surface area contributed by atoms with E-state index in [1.807, 2.05) is 44.2 Å². The van der Waals surface area contributed by atoms with Gasteiger partial charge in [-0.15, -0.1) is 0 Å². The number of carbonyl (C=O) groups is 2. The van der Waals surface area contributed by atoms with Crippen LogP contribution in [0.25, 0.3) is 0 Å². The maximum atomic E-state index is 13.9. The molecule has 10 heteroatoms. The van der Waals surface area contributed by atoms with Crippen molar-refractivity contribution in [1.82, 2.24) is 10.2 Å². The van der Waals surface area contributed by atoms with E-state index in [0.717, 1.165) is 9.87 Å². The molecule has 0 spiro atoms. The highest BCUT2D eigenvalue weighted by molar-refractivity contribution is 7.92. The van der Waals surface area contributed by atoms with Gasteiger partial charge in [-0.3, -0.25) is 13.9 Å². The number of sulfonamides is 1. The Morgan fingerprint density at radius 3 is 2.10 bits per heavy atom. The maximum Gasteiger partial charge on any atom is 0.264 e. The zero-order chi connectivity index (χ0) is 28.6. The minimum atomic E-state index is -4.21. The number of benzene rings is 3. The number of anilines is 1. The van der Waals surface area contributed by atoms with Crippen LogP contribution in [0.3, 0.4) is 0 Å². The quantitative estimate of drug-likeness (QED) is 0.305. The molecule has 208 valence electrons. The fraction of sp³-hybridized carbons (Fsp3) is 0.310. The molecule has 1 N–H and O–H groups in total. The molecule has 0 aliphatic carbocycles. The van der Waals surface area contributed by atoms with E-state index in [1.165, 1.54) is 29.2 Å². The molecule has 0 unspecified atom stereocenters. The fourth-order valence-electron chi connectivity index (χ4n) is 3.94. The number of nitrogens with one attached hydrogen (secondary N) is 1. The number of nitrogens with zero attached hydrogens (tertiary/aromatic N) is 2. The summed E-state index contributed by atoms with van der Waals surface area (Å²) in [6.07, 6.45) is 0.484. The Bertz CT molecular complexity index is 1370. The minimum absolute atomic E-state index is 0.00466. The van der Waals surface area contributed by atoms with Crippen molar-refractivity contribution in [3.63, 3.8) is 0 Å². The van der Waals surface area contributed by atoms with E-state index in [4.69, 9.17) is 23.2 Å². The smallest absolute Gasteiger partial charge is 0.264 e. The zero-order valence-corrected chi connectivity index (χ0v) is 24.5.